The van der Waals surface area contributed by atoms with Crippen LogP contribution in [0.4, 0.5) is 0 Å². The van der Waals surface area contributed by atoms with Crippen LogP contribution in [-0.2, 0) is 6.42 Å². The lowest BCUT2D eigenvalue weighted by Gasteiger charge is -2.20. The van der Waals surface area contributed by atoms with Gasteiger partial charge < -0.3 is 5.32 Å². The van der Waals surface area contributed by atoms with Gasteiger partial charge in [-0.25, -0.2) is 0 Å². The number of nitrogens with one attached hydrogen (secondary N) is 1. The van der Waals surface area contributed by atoms with Gasteiger partial charge in [0.25, 0.3) is 0 Å². The SMILES string of the molecule is Cc1ccc(CCCNC(C)(C)C)c(C)c1. The van der Waals surface area contributed by atoms with Crippen molar-refractivity contribution >= 4 is 0 Å². The van der Waals surface area contributed by atoms with Gasteiger partial charge in [0.1, 0.15) is 0 Å². The highest BCUT2D eigenvalue weighted by Crippen LogP contribution is 2.12. The molecule has 0 fully saturated rings. The third-order valence-electron chi connectivity index (χ3n) is 2.78. The summed E-state index contributed by atoms with van der Waals surface area (Å²) in [6, 6.07) is 6.74. The molecule has 0 heterocycles. The highest BCUT2D eigenvalue weighted by Gasteiger charge is 2.07. The number of aryl methyl sites for hydroxylation is 3. The number of hydrogen-bond acceptors (Lipinski definition) is 1. The monoisotopic (exact) mass is 219 g/mol. The first-order valence-corrected chi connectivity index (χ1v) is 6.20. The molecule has 1 rings (SSSR count). The molecule has 0 aromatic heterocycles. The van der Waals surface area contributed by atoms with E-state index in [0.717, 1.165) is 6.54 Å². The Hall–Kier alpha value is -0.820. The van der Waals surface area contributed by atoms with Crippen molar-refractivity contribution in [3.63, 3.8) is 0 Å². The predicted molar refractivity (Wildman–Crippen MR) is 72.0 cm³/mol. The van der Waals surface area contributed by atoms with Crippen LogP contribution in [0.1, 0.15) is 43.9 Å². The maximum absolute atomic E-state index is 3.52. The summed E-state index contributed by atoms with van der Waals surface area (Å²) in [7, 11) is 0. The summed E-state index contributed by atoms with van der Waals surface area (Å²) < 4.78 is 0. The fraction of sp³-hybridized carbons (Fsp3) is 0.600. The molecular formula is C15H25N. The first kappa shape index (κ1) is 13.2. The highest BCUT2D eigenvalue weighted by atomic mass is 14.9. The molecule has 0 radical (unpaired) electrons. The van der Waals surface area contributed by atoms with Gasteiger partial charge in [0.2, 0.25) is 0 Å². The Balaban J connectivity index is 2.38. The van der Waals surface area contributed by atoms with Crippen LogP contribution in [0.2, 0.25) is 0 Å². The molecule has 16 heavy (non-hydrogen) atoms. The van der Waals surface area contributed by atoms with Gasteiger partial charge in [0.05, 0.1) is 0 Å². The molecule has 0 aliphatic carbocycles. The second-order valence-corrected chi connectivity index (χ2v) is 5.71. The molecule has 1 N–H and O–H groups in total. The van der Waals surface area contributed by atoms with E-state index in [4.69, 9.17) is 0 Å². The van der Waals surface area contributed by atoms with Crippen molar-refractivity contribution in [2.24, 2.45) is 0 Å². The zero-order valence-electron chi connectivity index (χ0n) is 11.4. The molecule has 0 aliphatic heterocycles. The van der Waals surface area contributed by atoms with Crippen LogP contribution in [0.25, 0.3) is 0 Å². The van der Waals surface area contributed by atoms with E-state index in [2.05, 4.69) is 58.1 Å². The van der Waals surface area contributed by atoms with E-state index in [9.17, 15) is 0 Å². The molecule has 0 unspecified atom stereocenters. The fourth-order valence-corrected chi connectivity index (χ4v) is 1.87. The number of rotatable bonds is 4. The van der Waals surface area contributed by atoms with Gasteiger partial charge in [0, 0.05) is 5.54 Å². The average molecular weight is 219 g/mol. The Bertz CT molecular complexity index is 334. The van der Waals surface area contributed by atoms with Crippen molar-refractivity contribution < 1.29 is 0 Å². The van der Waals surface area contributed by atoms with E-state index >= 15 is 0 Å². The molecular weight excluding hydrogens is 194 g/mol. The van der Waals surface area contributed by atoms with E-state index in [0.29, 0.717) is 0 Å². The molecule has 1 aromatic rings. The van der Waals surface area contributed by atoms with Crippen LogP contribution < -0.4 is 5.32 Å². The molecule has 90 valence electrons. The molecule has 0 saturated carbocycles. The van der Waals surface area contributed by atoms with Gasteiger partial charge in [-0.05, 0) is 65.1 Å². The maximum Gasteiger partial charge on any atom is 0.00965 e. The Morgan fingerprint density at radius 1 is 1.12 bits per heavy atom. The standard InChI is InChI=1S/C15H25N/c1-12-8-9-14(13(2)11-12)7-6-10-16-15(3,4)5/h8-9,11,16H,6-7,10H2,1-5H3. The molecule has 1 aromatic carbocycles. The van der Waals surface area contributed by atoms with E-state index in [1.54, 1.807) is 0 Å². The van der Waals surface area contributed by atoms with Gasteiger partial charge in [-0.15, -0.1) is 0 Å². The van der Waals surface area contributed by atoms with E-state index in [1.807, 2.05) is 0 Å². The van der Waals surface area contributed by atoms with Crippen molar-refractivity contribution in [3.8, 4) is 0 Å². The maximum atomic E-state index is 3.52. The van der Waals surface area contributed by atoms with Crippen LogP contribution >= 0.6 is 0 Å². The van der Waals surface area contributed by atoms with Gasteiger partial charge >= 0.3 is 0 Å². The molecule has 1 heteroatoms. The quantitative estimate of drug-likeness (QED) is 0.763. The summed E-state index contributed by atoms with van der Waals surface area (Å²) in [6.07, 6.45) is 2.39. The normalized spacial score (nSPS) is 11.8. The second kappa shape index (κ2) is 5.49. The van der Waals surface area contributed by atoms with E-state index in [1.165, 1.54) is 29.5 Å². The van der Waals surface area contributed by atoms with Crippen LogP contribution in [0.3, 0.4) is 0 Å². The summed E-state index contributed by atoms with van der Waals surface area (Å²) in [4.78, 5) is 0. The summed E-state index contributed by atoms with van der Waals surface area (Å²) in [5.74, 6) is 0. The lowest BCUT2D eigenvalue weighted by molar-refractivity contribution is 0.422. The molecule has 0 saturated heterocycles. The van der Waals surface area contributed by atoms with Crippen LogP contribution in [0, 0.1) is 13.8 Å². The zero-order chi connectivity index (χ0) is 12.2. The Labute approximate surface area is 100 Å². The van der Waals surface area contributed by atoms with E-state index in [-0.39, 0.29) is 5.54 Å². The molecule has 0 bridgehead atoms. The zero-order valence-corrected chi connectivity index (χ0v) is 11.4. The van der Waals surface area contributed by atoms with Crippen LogP contribution in [-0.4, -0.2) is 12.1 Å². The Morgan fingerprint density at radius 3 is 2.38 bits per heavy atom. The number of benzene rings is 1. The van der Waals surface area contributed by atoms with Gasteiger partial charge in [0.15, 0.2) is 0 Å². The van der Waals surface area contributed by atoms with Gasteiger partial charge in [-0.2, -0.15) is 0 Å². The first-order valence-electron chi connectivity index (χ1n) is 6.20. The van der Waals surface area contributed by atoms with Crippen LogP contribution in [0.5, 0.6) is 0 Å². The van der Waals surface area contributed by atoms with E-state index < -0.39 is 0 Å². The molecule has 0 amide bonds. The van der Waals surface area contributed by atoms with Crippen molar-refractivity contribution in [1.82, 2.24) is 5.32 Å². The predicted octanol–water partition coefficient (Wildman–Crippen LogP) is 3.62. The molecule has 1 nitrogen and oxygen atoms in total. The van der Waals surface area contributed by atoms with Crippen molar-refractivity contribution in [2.75, 3.05) is 6.54 Å². The lowest BCUT2D eigenvalue weighted by atomic mass is 10.0. The third kappa shape index (κ3) is 4.80. The smallest absolute Gasteiger partial charge is 0.00965 e. The topological polar surface area (TPSA) is 12.0 Å². The van der Waals surface area contributed by atoms with Crippen molar-refractivity contribution in [1.29, 1.82) is 0 Å². The summed E-state index contributed by atoms with van der Waals surface area (Å²) in [6.45, 7) is 12.1. The Kier molecular flexibility index (Phi) is 4.55. The fourth-order valence-electron chi connectivity index (χ4n) is 1.87. The van der Waals surface area contributed by atoms with Crippen LogP contribution in [0.15, 0.2) is 18.2 Å². The first-order chi connectivity index (χ1) is 7.38. The van der Waals surface area contributed by atoms with Gasteiger partial charge in [-0.1, -0.05) is 23.8 Å². The molecule has 0 atom stereocenters. The molecule has 0 spiro atoms. The summed E-state index contributed by atoms with van der Waals surface area (Å²) in [5, 5.41) is 3.52. The number of hydrogen-bond donors (Lipinski definition) is 1. The Morgan fingerprint density at radius 2 is 1.81 bits per heavy atom. The minimum absolute atomic E-state index is 0.238. The minimum atomic E-state index is 0.238. The minimum Gasteiger partial charge on any atom is -0.312 e. The largest absolute Gasteiger partial charge is 0.312 e. The van der Waals surface area contributed by atoms with Crippen molar-refractivity contribution in [2.45, 2.75) is 53.0 Å². The van der Waals surface area contributed by atoms with Gasteiger partial charge in [-0.3, -0.25) is 0 Å². The summed E-state index contributed by atoms with van der Waals surface area (Å²) >= 11 is 0. The summed E-state index contributed by atoms with van der Waals surface area (Å²) in [5.41, 5.74) is 4.51. The molecule has 0 aliphatic rings. The van der Waals surface area contributed by atoms with Crippen molar-refractivity contribution in [3.05, 3.63) is 34.9 Å². The average Bonchev–Trinajstić information content (AvgIpc) is 2.13. The highest BCUT2D eigenvalue weighted by molar-refractivity contribution is 5.30. The lowest BCUT2D eigenvalue weighted by Crippen LogP contribution is -2.36. The third-order valence-corrected chi connectivity index (χ3v) is 2.78. The second-order valence-electron chi connectivity index (χ2n) is 5.71.